The molecule has 0 aliphatic rings. The van der Waals surface area contributed by atoms with E-state index >= 15 is 0 Å². The molecule has 0 amide bonds. The molecule has 0 saturated carbocycles. The van der Waals surface area contributed by atoms with Crippen LogP contribution in [0.3, 0.4) is 0 Å². The summed E-state index contributed by atoms with van der Waals surface area (Å²) < 4.78 is 5.05. The molecular weight excluding hydrogens is 180 g/mol. The number of hydrogen-bond donors (Lipinski definition) is 1. The molecule has 2 nitrogen and oxygen atoms in total. The first-order chi connectivity index (χ1) is 6.31. The second kappa shape index (κ2) is 10.2. The fourth-order valence-corrected chi connectivity index (χ4v) is 1.66. The van der Waals surface area contributed by atoms with E-state index in [0.29, 0.717) is 0 Å². The molecule has 13 heavy (non-hydrogen) atoms. The Morgan fingerprint density at radius 3 is 2.38 bits per heavy atom. The minimum atomic E-state index is -0.350. The molecule has 0 aromatic heterocycles. The Morgan fingerprint density at radius 2 is 1.77 bits per heavy atom. The van der Waals surface area contributed by atoms with Crippen LogP contribution in [0, 0.1) is 0 Å². The van der Waals surface area contributed by atoms with Crippen molar-refractivity contribution in [3.8, 4) is 0 Å². The molecule has 0 aromatic rings. The van der Waals surface area contributed by atoms with Crippen LogP contribution in [-0.2, 0) is 4.43 Å². The van der Waals surface area contributed by atoms with E-state index in [-0.39, 0.29) is 16.1 Å². The van der Waals surface area contributed by atoms with Gasteiger partial charge in [0.15, 0.2) is 0 Å². The van der Waals surface area contributed by atoms with E-state index < -0.39 is 0 Å². The fourth-order valence-electron chi connectivity index (χ4n) is 1.36. The SMILES string of the molecule is CCCCCCCCC(C)O[Si]O. The van der Waals surface area contributed by atoms with E-state index in [4.69, 9.17) is 9.22 Å². The minimum Gasteiger partial charge on any atom is -0.409 e. The van der Waals surface area contributed by atoms with Gasteiger partial charge in [-0.15, -0.1) is 0 Å². The Morgan fingerprint density at radius 1 is 1.15 bits per heavy atom. The van der Waals surface area contributed by atoms with Crippen molar-refractivity contribution in [1.82, 2.24) is 0 Å². The quantitative estimate of drug-likeness (QED) is 0.460. The van der Waals surface area contributed by atoms with Gasteiger partial charge in [-0.1, -0.05) is 45.4 Å². The monoisotopic (exact) mass is 202 g/mol. The summed E-state index contributed by atoms with van der Waals surface area (Å²) in [5, 5.41) is 0. The number of unbranched alkanes of at least 4 members (excludes halogenated alkanes) is 5. The minimum absolute atomic E-state index is 0.231. The van der Waals surface area contributed by atoms with Gasteiger partial charge in [-0.05, 0) is 13.3 Å². The molecule has 0 saturated heterocycles. The molecule has 1 unspecified atom stereocenters. The summed E-state index contributed by atoms with van der Waals surface area (Å²) in [6, 6.07) is 0. The van der Waals surface area contributed by atoms with Gasteiger partial charge in [0.25, 0.3) is 0 Å². The molecule has 0 rings (SSSR count). The van der Waals surface area contributed by atoms with Crippen molar-refractivity contribution in [3.63, 3.8) is 0 Å². The molecule has 0 aromatic carbocycles. The van der Waals surface area contributed by atoms with Gasteiger partial charge in [-0.3, -0.25) is 0 Å². The predicted octanol–water partition coefficient (Wildman–Crippen LogP) is 2.67. The average molecular weight is 202 g/mol. The van der Waals surface area contributed by atoms with Crippen LogP contribution in [0.1, 0.15) is 58.8 Å². The van der Waals surface area contributed by atoms with Crippen LogP contribution < -0.4 is 0 Å². The molecule has 0 spiro atoms. The van der Waals surface area contributed by atoms with Crippen molar-refractivity contribution in [2.75, 3.05) is 0 Å². The van der Waals surface area contributed by atoms with E-state index in [9.17, 15) is 0 Å². The molecule has 1 N–H and O–H groups in total. The first-order valence-electron chi connectivity index (χ1n) is 5.36. The van der Waals surface area contributed by atoms with Crippen LogP contribution in [0.4, 0.5) is 0 Å². The topological polar surface area (TPSA) is 29.5 Å². The van der Waals surface area contributed by atoms with E-state index in [1.807, 2.05) is 6.92 Å². The lowest BCUT2D eigenvalue weighted by molar-refractivity contribution is 0.187. The third-order valence-electron chi connectivity index (χ3n) is 2.22. The predicted molar refractivity (Wildman–Crippen MR) is 56.5 cm³/mol. The zero-order valence-electron chi connectivity index (χ0n) is 8.88. The molecule has 3 heteroatoms. The second-order valence-electron chi connectivity index (χ2n) is 3.58. The molecule has 78 valence electrons. The number of rotatable bonds is 9. The maximum atomic E-state index is 8.51. The first kappa shape index (κ1) is 13.1. The van der Waals surface area contributed by atoms with Gasteiger partial charge < -0.3 is 9.22 Å². The number of hydrogen-bond acceptors (Lipinski definition) is 2. The highest BCUT2D eigenvalue weighted by Crippen LogP contribution is 2.09. The maximum absolute atomic E-state index is 8.51. The van der Waals surface area contributed by atoms with Crippen molar-refractivity contribution in [2.45, 2.75) is 64.9 Å². The molecule has 2 radical (unpaired) electrons. The zero-order valence-corrected chi connectivity index (χ0v) is 9.88. The highest BCUT2D eigenvalue weighted by molar-refractivity contribution is 6.15. The van der Waals surface area contributed by atoms with Gasteiger partial charge in [0, 0.05) is 6.10 Å². The third-order valence-corrected chi connectivity index (χ3v) is 2.73. The summed E-state index contributed by atoms with van der Waals surface area (Å²) in [5.74, 6) is 0. The summed E-state index contributed by atoms with van der Waals surface area (Å²) in [6.07, 6.45) is 9.25. The molecule has 0 bridgehead atoms. The first-order valence-corrected chi connectivity index (χ1v) is 6.21. The molecular formula is C10H22O2Si. The lowest BCUT2D eigenvalue weighted by Crippen LogP contribution is -2.10. The summed E-state index contributed by atoms with van der Waals surface area (Å²) in [7, 11) is -0.350. The summed E-state index contributed by atoms with van der Waals surface area (Å²) in [4.78, 5) is 8.51. The maximum Gasteiger partial charge on any atom is 0.430 e. The van der Waals surface area contributed by atoms with Crippen LogP contribution in [0.15, 0.2) is 0 Å². The Balaban J connectivity index is 2.97. The van der Waals surface area contributed by atoms with Crippen LogP contribution in [0.2, 0.25) is 0 Å². The highest BCUT2D eigenvalue weighted by atomic mass is 28.2. The lowest BCUT2D eigenvalue weighted by Gasteiger charge is -2.09. The van der Waals surface area contributed by atoms with Gasteiger partial charge in [0.1, 0.15) is 0 Å². The molecule has 0 heterocycles. The van der Waals surface area contributed by atoms with Crippen LogP contribution >= 0.6 is 0 Å². The molecule has 0 fully saturated rings. The molecule has 0 aliphatic heterocycles. The molecule has 1 atom stereocenters. The van der Waals surface area contributed by atoms with Crippen molar-refractivity contribution in [1.29, 1.82) is 0 Å². The van der Waals surface area contributed by atoms with Crippen molar-refractivity contribution in [3.05, 3.63) is 0 Å². The van der Waals surface area contributed by atoms with Crippen molar-refractivity contribution in [2.24, 2.45) is 0 Å². The smallest absolute Gasteiger partial charge is 0.409 e. The fraction of sp³-hybridized carbons (Fsp3) is 1.00. The van der Waals surface area contributed by atoms with E-state index in [1.165, 1.54) is 38.5 Å². The van der Waals surface area contributed by atoms with E-state index in [2.05, 4.69) is 6.92 Å². The van der Waals surface area contributed by atoms with Crippen molar-refractivity contribution >= 4 is 10.0 Å². The van der Waals surface area contributed by atoms with E-state index in [0.717, 1.165) is 6.42 Å². The van der Waals surface area contributed by atoms with E-state index in [1.54, 1.807) is 0 Å². The van der Waals surface area contributed by atoms with Crippen LogP contribution in [-0.4, -0.2) is 20.9 Å². The highest BCUT2D eigenvalue weighted by Gasteiger charge is 2.01. The van der Waals surface area contributed by atoms with Gasteiger partial charge in [-0.2, -0.15) is 0 Å². The lowest BCUT2D eigenvalue weighted by atomic mass is 10.1. The largest absolute Gasteiger partial charge is 0.430 e. The van der Waals surface area contributed by atoms with Gasteiger partial charge in [0.05, 0.1) is 0 Å². The Bertz CT molecular complexity index is 98.9. The second-order valence-corrected chi connectivity index (χ2v) is 3.99. The Kier molecular flexibility index (Phi) is 10.3. The van der Waals surface area contributed by atoms with Gasteiger partial charge in [0.2, 0.25) is 0 Å². The Hall–Kier alpha value is 0.137. The van der Waals surface area contributed by atoms with Crippen LogP contribution in [0.25, 0.3) is 0 Å². The summed E-state index contributed by atoms with van der Waals surface area (Å²) >= 11 is 0. The third kappa shape index (κ3) is 10.1. The summed E-state index contributed by atoms with van der Waals surface area (Å²) in [6.45, 7) is 4.26. The molecule has 0 aliphatic carbocycles. The van der Waals surface area contributed by atoms with Gasteiger partial charge in [-0.25, -0.2) is 0 Å². The van der Waals surface area contributed by atoms with Gasteiger partial charge >= 0.3 is 10.0 Å². The normalized spacial score (nSPS) is 13.2. The average Bonchev–Trinajstić information content (AvgIpc) is 2.11. The van der Waals surface area contributed by atoms with Crippen molar-refractivity contribution < 1.29 is 9.22 Å². The Labute approximate surface area is 84.8 Å². The standard InChI is InChI=1S/C10H22O2Si/c1-3-4-5-6-7-8-9-10(2)12-13-11/h10-11H,3-9H2,1-2H3. The zero-order chi connectivity index (χ0) is 9.94. The summed E-state index contributed by atoms with van der Waals surface area (Å²) in [5.41, 5.74) is 0. The van der Waals surface area contributed by atoms with Crippen LogP contribution in [0.5, 0.6) is 0 Å².